The molecule has 0 aliphatic rings. The van der Waals surface area contributed by atoms with Gasteiger partial charge in [-0.15, -0.1) is 13.2 Å². The van der Waals surface area contributed by atoms with E-state index in [9.17, 15) is 0 Å². The summed E-state index contributed by atoms with van der Waals surface area (Å²) in [4.78, 5) is 0. The van der Waals surface area contributed by atoms with Gasteiger partial charge in [0.15, 0.2) is 8.32 Å². The molecular formula is C10H21NOSi. The van der Waals surface area contributed by atoms with Gasteiger partial charge in [-0.05, 0) is 31.1 Å². The standard InChI is InChI=1S/C10H21NOSi/c1-4-8-13(12-3,9-5-2)10-6-7-11/h4-5H,1-2,6-11H2,3H3. The van der Waals surface area contributed by atoms with Crippen LogP contribution in [0.3, 0.4) is 0 Å². The molecule has 0 aliphatic heterocycles. The Morgan fingerprint density at radius 2 is 1.85 bits per heavy atom. The molecule has 0 aromatic carbocycles. The van der Waals surface area contributed by atoms with Gasteiger partial charge in [-0.3, -0.25) is 0 Å². The van der Waals surface area contributed by atoms with E-state index in [1.165, 1.54) is 0 Å². The predicted octanol–water partition coefficient (Wildman–Crippen LogP) is 2.30. The van der Waals surface area contributed by atoms with Gasteiger partial charge in [-0.2, -0.15) is 0 Å². The lowest BCUT2D eigenvalue weighted by Crippen LogP contribution is -2.36. The molecule has 0 fully saturated rings. The fraction of sp³-hybridized carbons (Fsp3) is 0.600. The highest BCUT2D eigenvalue weighted by atomic mass is 28.4. The summed E-state index contributed by atoms with van der Waals surface area (Å²) in [5.74, 6) is 0. The zero-order chi connectivity index (χ0) is 10.2. The van der Waals surface area contributed by atoms with Gasteiger partial charge >= 0.3 is 0 Å². The quantitative estimate of drug-likeness (QED) is 0.481. The number of hydrogen-bond acceptors (Lipinski definition) is 2. The molecule has 0 spiro atoms. The Morgan fingerprint density at radius 1 is 1.31 bits per heavy atom. The van der Waals surface area contributed by atoms with E-state index < -0.39 is 8.32 Å². The van der Waals surface area contributed by atoms with Crippen LogP contribution in [0.4, 0.5) is 0 Å². The fourth-order valence-electron chi connectivity index (χ4n) is 1.51. The Balaban J connectivity index is 4.23. The van der Waals surface area contributed by atoms with Crippen LogP contribution in [0.1, 0.15) is 6.42 Å². The first-order valence-corrected chi connectivity index (χ1v) is 7.24. The summed E-state index contributed by atoms with van der Waals surface area (Å²) in [6.07, 6.45) is 4.95. The van der Waals surface area contributed by atoms with Crippen molar-refractivity contribution < 1.29 is 4.43 Å². The lowest BCUT2D eigenvalue weighted by molar-refractivity contribution is 0.394. The Bertz CT molecular complexity index is 149. The van der Waals surface area contributed by atoms with Gasteiger partial charge in [0.2, 0.25) is 0 Å². The molecule has 0 rings (SSSR count). The summed E-state index contributed by atoms with van der Waals surface area (Å²) in [6, 6.07) is 3.10. The van der Waals surface area contributed by atoms with E-state index in [0.29, 0.717) is 0 Å². The smallest absolute Gasteiger partial charge is 0.199 e. The summed E-state index contributed by atoms with van der Waals surface area (Å²) in [6.45, 7) is 8.29. The second-order valence-corrected chi connectivity index (χ2v) is 7.36. The Hall–Kier alpha value is -0.383. The van der Waals surface area contributed by atoms with E-state index in [1.807, 2.05) is 12.2 Å². The molecule has 0 aromatic rings. The lowest BCUT2D eigenvalue weighted by Gasteiger charge is -2.27. The van der Waals surface area contributed by atoms with Crippen molar-refractivity contribution in [3.8, 4) is 0 Å². The van der Waals surface area contributed by atoms with Gasteiger partial charge in [0, 0.05) is 7.11 Å². The number of nitrogens with two attached hydrogens (primary N) is 1. The van der Waals surface area contributed by atoms with Gasteiger partial charge < -0.3 is 10.2 Å². The summed E-state index contributed by atoms with van der Waals surface area (Å²) in [7, 11) is 0.195. The minimum atomic E-state index is -1.61. The largest absolute Gasteiger partial charge is 0.419 e. The van der Waals surface area contributed by atoms with Crippen molar-refractivity contribution in [2.45, 2.75) is 24.6 Å². The van der Waals surface area contributed by atoms with Crippen LogP contribution in [0, 0.1) is 0 Å². The van der Waals surface area contributed by atoms with Crippen molar-refractivity contribution in [1.29, 1.82) is 0 Å². The van der Waals surface area contributed by atoms with E-state index in [1.54, 1.807) is 7.11 Å². The van der Waals surface area contributed by atoms with E-state index in [0.717, 1.165) is 31.1 Å². The summed E-state index contributed by atoms with van der Waals surface area (Å²) in [5.41, 5.74) is 5.50. The molecule has 13 heavy (non-hydrogen) atoms. The lowest BCUT2D eigenvalue weighted by atomic mass is 10.5. The third kappa shape index (κ3) is 4.41. The van der Waals surface area contributed by atoms with Crippen molar-refractivity contribution in [2.24, 2.45) is 5.73 Å². The monoisotopic (exact) mass is 199 g/mol. The molecule has 2 nitrogen and oxygen atoms in total. The average Bonchev–Trinajstić information content (AvgIpc) is 2.15. The predicted molar refractivity (Wildman–Crippen MR) is 61.2 cm³/mol. The number of hydrogen-bond donors (Lipinski definition) is 1. The minimum Gasteiger partial charge on any atom is -0.419 e. The van der Waals surface area contributed by atoms with E-state index in [4.69, 9.17) is 10.2 Å². The van der Waals surface area contributed by atoms with Gasteiger partial charge in [0.05, 0.1) is 0 Å². The van der Waals surface area contributed by atoms with Crippen LogP contribution in [0.25, 0.3) is 0 Å². The molecule has 0 bridgehead atoms. The van der Waals surface area contributed by atoms with Crippen LogP contribution in [-0.2, 0) is 4.43 Å². The van der Waals surface area contributed by atoms with Crippen molar-refractivity contribution >= 4 is 8.32 Å². The van der Waals surface area contributed by atoms with Crippen LogP contribution in [0.5, 0.6) is 0 Å². The first kappa shape index (κ1) is 12.6. The molecule has 0 aliphatic carbocycles. The maximum atomic E-state index is 5.66. The third-order valence-electron chi connectivity index (χ3n) is 2.30. The van der Waals surface area contributed by atoms with Gasteiger partial charge in [-0.25, -0.2) is 0 Å². The first-order chi connectivity index (χ1) is 6.24. The summed E-state index contributed by atoms with van der Waals surface area (Å²) < 4.78 is 5.66. The van der Waals surface area contributed by atoms with E-state index in [-0.39, 0.29) is 0 Å². The molecule has 3 heteroatoms. The molecule has 0 unspecified atom stereocenters. The second-order valence-electron chi connectivity index (χ2n) is 3.26. The average molecular weight is 199 g/mol. The van der Waals surface area contributed by atoms with Crippen LogP contribution in [-0.4, -0.2) is 22.0 Å². The Kier molecular flexibility index (Phi) is 6.85. The molecule has 0 saturated carbocycles. The molecule has 0 atom stereocenters. The van der Waals surface area contributed by atoms with Gasteiger partial charge in [0.25, 0.3) is 0 Å². The molecule has 0 amide bonds. The minimum absolute atomic E-state index is 0.742. The molecule has 2 N–H and O–H groups in total. The van der Waals surface area contributed by atoms with Crippen molar-refractivity contribution in [2.75, 3.05) is 13.7 Å². The highest BCUT2D eigenvalue weighted by Gasteiger charge is 2.29. The zero-order valence-electron chi connectivity index (χ0n) is 8.59. The number of rotatable bonds is 8. The highest BCUT2D eigenvalue weighted by Crippen LogP contribution is 2.23. The number of allylic oxidation sites excluding steroid dienone is 2. The fourth-order valence-corrected chi connectivity index (χ4v) is 4.52. The Morgan fingerprint density at radius 3 is 2.15 bits per heavy atom. The SMILES string of the molecule is C=CC[Si](CC=C)(CCCN)OC. The maximum absolute atomic E-state index is 5.66. The summed E-state index contributed by atoms with van der Waals surface area (Å²) in [5, 5.41) is 0. The van der Waals surface area contributed by atoms with Crippen LogP contribution in [0.2, 0.25) is 18.1 Å². The maximum Gasteiger partial charge on any atom is 0.199 e. The molecule has 0 radical (unpaired) electrons. The molecule has 0 saturated heterocycles. The van der Waals surface area contributed by atoms with E-state index in [2.05, 4.69) is 13.2 Å². The van der Waals surface area contributed by atoms with Crippen LogP contribution in [0.15, 0.2) is 25.3 Å². The normalized spacial score (nSPS) is 11.2. The molecule has 0 aromatic heterocycles. The van der Waals surface area contributed by atoms with Crippen molar-refractivity contribution in [1.82, 2.24) is 0 Å². The molecule has 0 heterocycles. The second kappa shape index (κ2) is 7.06. The molecular weight excluding hydrogens is 178 g/mol. The van der Waals surface area contributed by atoms with Crippen LogP contribution >= 0.6 is 0 Å². The first-order valence-electron chi connectivity index (χ1n) is 4.71. The highest BCUT2D eigenvalue weighted by molar-refractivity contribution is 6.74. The topological polar surface area (TPSA) is 35.2 Å². The van der Waals surface area contributed by atoms with Gasteiger partial charge in [-0.1, -0.05) is 12.2 Å². The van der Waals surface area contributed by atoms with E-state index >= 15 is 0 Å². The van der Waals surface area contributed by atoms with Crippen LogP contribution < -0.4 is 5.73 Å². The zero-order valence-corrected chi connectivity index (χ0v) is 9.59. The summed E-state index contributed by atoms with van der Waals surface area (Å²) >= 11 is 0. The molecule has 76 valence electrons. The van der Waals surface area contributed by atoms with Crippen molar-refractivity contribution in [3.63, 3.8) is 0 Å². The van der Waals surface area contributed by atoms with Gasteiger partial charge in [0.1, 0.15) is 0 Å². The third-order valence-corrected chi connectivity index (χ3v) is 6.50. The Labute approximate surface area is 82.6 Å². The van der Waals surface area contributed by atoms with Crippen molar-refractivity contribution in [3.05, 3.63) is 25.3 Å².